The van der Waals surface area contributed by atoms with Gasteiger partial charge in [-0.15, -0.1) is 0 Å². The number of aliphatic hydroxyl groups is 1. The number of likely N-dealkylation sites (N-methyl/N-ethyl adjacent to an activating group) is 1. The summed E-state index contributed by atoms with van der Waals surface area (Å²) in [5.74, 6) is 0.913. The van der Waals surface area contributed by atoms with E-state index in [1.54, 1.807) is 11.9 Å². The van der Waals surface area contributed by atoms with Crippen LogP contribution in [-0.2, 0) is 20.7 Å². The lowest BCUT2D eigenvalue weighted by Crippen LogP contribution is -2.45. The molecule has 6 heteroatoms. The van der Waals surface area contributed by atoms with Crippen LogP contribution < -0.4 is 4.74 Å². The van der Waals surface area contributed by atoms with Crippen LogP contribution in [0.2, 0.25) is 0 Å². The summed E-state index contributed by atoms with van der Waals surface area (Å²) in [5, 5.41) is 8.89. The van der Waals surface area contributed by atoms with Crippen molar-refractivity contribution in [1.82, 2.24) is 4.90 Å². The molecule has 1 aromatic rings. The molecule has 0 aliphatic carbocycles. The second-order valence-corrected chi connectivity index (χ2v) is 8.72. The van der Waals surface area contributed by atoms with Gasteiger partial charge in [0.1, 0.15) is 24.5 Å². The van der Waals surface area contributed by atoms with Gasteiger partial charge in [0.05, 0.1) is 6.61 Å². The van der Waals surface area contributed by atoms with Crippen molar-refractivity contribution in [2.75, 3.05) is 20.3 Å². The maximum Gasteiger partial charge on any atom is 0.329 e. The van der Waals surface area contributed by atoms with Crippen LogP contribution in [0.3, 0.4) is 0 Å². The highest BCUT2D eigenvalue weighted by atomic mass is 16.5. The van der Waals surface area contributed by atoms with Gasteiger partial charge in [0.2, 0.25) is 5.91 Å². The van der Waals surface area contributed by atoms with E-state index in [0.29, 0.717) is 24.5 Å². The number of cyclic esters (lactones) is 1. The van der Waals surface area contributed by atoms with Crippen molar-refractivity contribution < 1.29 is 24.2 Å². The van der Waals surface area contributed by atoms with E-state index >= 15 is 0 Å². The molecule has 1 N–H and O–H groups in total. The van der Waals surface area contributed by atoms with Gasteiger partial charge in [0, 0.05) is 19.9 Å². The highest BCUT2D eigenvalue weighted by molar-refractivity contribution is 5.84. The second kappa shape index (κ2) is 13.4. The van der Waals surface area contributed by atoms with Crippen LogP contribution in [0.15, 0.2) is 24.3 Å². The van der Waals surface area contributed by atoms with Gasteiger partial charge in [-0.3, -0.25) is 4.79 Å². The first-order valence-electron chi connectivity index (χ1n) is 11.7. The number of nitrogens with zero attached hydrogens (tertiary/aromatic N) is 1. The Morgan fingerprint density at radius 1 is 1.13 bits per heavy atom. The van der Waals surface area contributed by atoms with Crippen molar-refractivity contribution in [3.05, 3.63) is 29.8 Å². The van der Waals surface area contributed by atoms with E-state index in [0.717, 1.165) is 50.5 Å². The quantitative estimate of drug-likeness (QED) is 0.655. The molecule has 0 radical (unpaired) electrons. The summed E-state index contributed by atoms with van der Waals surface area (Å²) >= 11 is 0. The number of hydrogen-bond donors (Lipinski definition) is 1. The molecular weight excluding hydrogens is 394 g/mol. The Labute approximate surface area is 186 Å². The highest BCUT2D eigenvalue weighted by Gasteiger charge is 2.30. The Bertz CT molecular complexity index is 675. The lowest BCUT2D eigenvalue weighted by Gasteiger charge is -2.29. The van der Waals surface area contributed by atoms with Crippen molar-refractivity contribution in [2.24, 2.45) is 5.92 Å². The Balaban J connectivity index is 2.18. The van der Waals surface area contributed by atoms with Gasteiger partial charge in [-0.1, -0.05) is 45.2 Å². The lowest BCUT2D eigenvalue weighted by atomic mass is 9.95. The van der Waals surface area contributed by atoms with E-state index in [4.69, 9.17) is 14.6 Å². The molecule has 3 atom stereocenters. The van der Waals surface area contributed by atoms with E-state index in [1.165, 1.54) is 0 Å². The number of ether oxygens (including phenoxy) is 2. The molecule has 1 heterocycles. The topological polar surface area (TPSA) is 76.1 Å². The Morgan fingerprint density at radius 3 is 2.55 bits per heavy atom. The summed E-state index contributed by atoms with van der Waals surface area (Å²) in [5.41, 5.74) is 0.933. The van der Waals surface area contributed by atoms with Gasteiger partial charge < -0.3 is 19.5 Å². The minimum absolute atomic E-state index is 0.0104. The molecule has 0 bridgehead atoms. The third-order valence-corrected chi connectivity index (χ3v) is 6.06. The number of carbonyl (C=O) groups excluding carboxylic acids is 2. The molecule has 0 aromatic heterocycles. The summed E-state index contributed by atoms with van der Waals surface area (Å²) in [6, 6.07) is 6.78. The van der Waals surface area contributed by atoms with Crippen LogP contribution >= 0.6 is 0 Å². The molecule has 6 nitrogen and oxygen atoms in total. The minimum Gasteiger partial charge on any atom is -0.491 e. The zero-order valence-electron chi connectivity index (χ0n) is 19.3. The first-order chi connectivity index (χ1) is 14.9. The maximum absolute atomic E-state index is 13.2. The molecule has 1 amide bonds. The Hall–Kier alpha value is -2.08. The predicted molar refractivity (Wildman–Crippen MR) is 121 cm³/mol. The third kappa shape index (κ3) is 8.52. The molecule has 1 aliphatic heterocycles. The minimum atomic E-state index is -0.644. The summed E-state index contributed by atoms with van der Waals surface area (Å²) in [6.45, 7) is 4.55. The largest absolute Gasteiger partial charge is 0.491 e. The van der Waals surface area contributed by atoms with Crippen molar-refractivity contribution in [3.63, 3.8) is 0 Å². The number of esters is 1. The fourth-order valence-corrected chi connectivity index (χ4v) is 4.05. The van der Waals surface area contributed by atoms with Gasteiger partial charge >= 0.3 is 5.97 Å². The van der Waals surface area contributed by atoms with Crippen LogP contribution in [0, 0.1) is 5.92 Å². The molecular formula is C25H39NO5. The summed E-state index contributed by atoms with van der Waals surface area (Å²) in [6.07, 6.45) is 7.48. The molecule has 1 fully saturated rings. The van der Waals surface area contributed by atoms with Gasteiger partial charge in [0.25, 0.3) is 0 Å². The summed E-state index contributed by atoms with van der Waals surface area (Å²) in [7, 11) is 1.71. The van der Waals surface area contributed by atoms with E-state index in [2.05, 4.69) is 13.8 Å². The van der Waals surface area contributed by atoms with Crippen molar-refractivity contribution in [1.29, 1.82) is 0 Å². The average molecular weight is 434 g/mol. The monoisotopic (exact) mass is 433 g/mol. The standard InChI is InChI=1S/C25H39NO5/c1-4-7-22-13-10-19(2)8-5-6-9-24(28)26(3)23(25(29)31-22)18-20-11-14-21(15-12-20)30-17-16-27/h11-12,14-15,19,22-23,27H,4-10,13,16-18H2,1-3H3/t19-,22-,23+/m1/s1. The molecule has 1 saturated heterocycles. The van der Waals surface area contributed by atoms with Crippen LogP contribution in [0.25, 0.3) is 0 Å². The van der Waals surface area contributed by atoms with Crippen molar-refractivity contribution in [2.45, 2.75) is 83.8 Å². The summed E-state index contributed by atoms with van der Waals surface area (Å²) < 4.78 is 11.4. The second-order valence-electron chi connectivity index (χ2n) is 8.72. The zero-order valence-corrected chi connectivity index (χ0v) is 19.3. The van der Waals surface area contributed by atoms with Crippen molar-refractivity contribution in [3.8, 4) is 5.75 Å². The van der Waals surface area contributed by atoms with E-state index in [9.17, 15) is 9.59 Å². The van der Waals surface area contributed by atoms with Crippen molar-refractivity contribution >= 4 is 11.9 Å². The number of amides is 1. The number of benzene rings is 1. The van der Waals surface area contributed by atoms with E-state index in [1.807, 2.05) is 24.3 Å². The molecule has 0 spiro atoms. The zero-order chi connectivity index (χ0) is 22.6. The predicted octanol–water partition coefficient (Wildman–Crippen LogP) is 4.13. The number of carbonyl (C=O) groups is 2. The number of aliphatic hydroxyl groups excluding tert-OH is 1. The third-order valence-electron chi connectivity index (χ3n) is 6.06. The Kier molecular flexibility index (Phi) is 10.9. The first kappa shape index (κ1) is 25.2. The molecule has 1 aromatic carbocycles. The van der Waals surface area contributed by atoms with Crippen LogP contribution in [-0.4, -0.2) is 54.3 Å². The van der Waals surface area contributed by atoms with Crippen LogP contribution in [0.5, 0.6) is 5.75 Å². The maximum atomic E-state index is 13.2. The fourth-order valence-electron chi connectivity index (χ4n) is 4.05. The van der Waals surface area contributed by atoms with Gasteiger partial charge in [0.15, 0.2) is 0 Å². The summed E-state index contributed by atoms with van der Waals surface area (Å²) in [4.78, 5) is 27.6. The molecule has 0 unspecified atom stereocenters. The van der Waals surface area contributed by atoms with Gasteiger partial charge in [-0.05, 0) is 49.3 Å². The molecule has 31 heavy (non-hydrogen) atoms. The Morgan fingerprint density at radius 2 is 1.87 bits per heavy atom. The smallest absolute Gasteiger partial charge is 0.329 e. The average Bonchev–Trinajstić information content (AvgIpc) is 2.77. The van der Waals surface area contributed by atoms with E-state index < -0.39 is 6.04 Å². The molecule has 1 aliphatic rings. The highest BCUT2D eigenvalue weighted by Crippen LogP contribution is 2.23. The van der Waals surface area contributed by atoms with Gasteiger partial charge in [-0.2, -0.15) is 0 Å². The first-order valence-corrected chi connectivity index (χ1v) is 11.7. The van der Waals surface area contributed by atoms with Crippen LogP contribution in [0.1, 0.15) is 70.8 Å². The van der Waals surface area contributed by atoms with Crippen LogP contribution in [0.4, 0.5) is 0 Å². The number of rotatable bonds is 7. The van der Waals surface area contributed by atoms with Gasteiger partial charge in [-0.25, -0.2) is 4.79 Å². The lowest BCUT2D eigenvalue weighted by molar-refractivity contribution is -0.159. The molecule has 174 valence electrons. The molecule has 2 rings (SSSR count). The SMILES string of the molecule is CCC[C@@H]1CC[C@H](C)CCCCC(=O)N(C)[C@@H](Cc2ccc(OCCO)cc2)C(=O)O1. The molecule has 0 saturated carbocycles. The normalized spacial score (nSPS) is 24.0. The number of hydrogen-bond acceptors (Lipinski definition) is 5. The van der Waals surface area contributed by atoms with E-state index in [-0.39, 0.29) is 31.2 Å². The fraction of sp³-hybridized carbons (Fsp3) is 0.680.